The number of rotatable bonds is 6. The van der Waals surface area contributed by atoms with E-state index in [4.69, 9.17) is 19.0 Å². The van der Waals surface area contributed by atoms with Crippen LogP contribution in [0.1, 0.15) is 22.1 Å². The Morgan fingerprint density at radius 2 is 2.27 bits per heavy atom. The van der Waals surface area contributed by atoms with Gasteiger partial charge in [-0.2, -0.15) is 0 Å². The summed E-state index contributed by atoms with van der Waals surface area (Å²) in [6, 6.07) is 0. The van der Waals surface area contributed by atoms with Gasteiger partial charge in [-0.25, -0.2) is 9.78 Å². The normalized spacial score (nSPS) is 10.5. The molecule has 84 valence electrons. The average molecular weight is 215 g/mol. The van der Waals surface area contributed by atoms with Crippen molar-refractivity contribution >= 4 is 5.97 Å². The lowest BCUT2D eigenvalue weighted by atomic mass is 10.4. The van der Waals surface area contributed by atoms with Gasteiger partial charge in [0.15, 0.2) is 5.69 Å². The molecule has 0 aromatic carbocycles. The lowest BCUT2D eigenvalue weighted by Crippen LogP contribution is -2.03. The Morgan fingerprint density at radius 1 is 1.53 bits per heavy atom. The third-order valence-corrected chi connectivity index (χ3v) is 1.70. The number of carboxylic acid groups (broad SMARTS) is 1. The molecule has 0 fully saturated rings. The molecule has 0 aliphatic heterocycles. The highest BCUT2D eigenvalue weighted by molar-refractivity contribution is 5.86. The Hall–Kier alpha value is -1.40. The smallest absolute Gasteiger partial charge is 0.358 e. The molecular weight excluding hydrogens is 202 g/mol. The number of aryl methyl sites for hydroxylation is 1. The molecule has 0 amide bonds. The van der Waals surface area contributed by atoms with E-state index in [9.17, 15) is 4.79 Å². The lowest BCUT2D eigenvalue weighted by molar-refractivity contribution is 0.0514. The lowest BCUT2D eigenvalue weighted by Gasteiger charge is -1.98. The predicted molar refractivity (Wildman–Crippen MR) is 49.7 cm³/mol. The Kier molecular flexibility index (Phi) is 4.26. The predicted octanol–water partition coefficient (Wildman–Crippen LogP) is 0.844. The molecule has 0 radical (unpaired) electrons. The fourth-order valence-electron chi connectivity index (χ4n) is 1.01. The number of carboxylic acids is 1. The van der Waals surface area contributed by atoms with Gasteiger partial charge in [0.1, 0.15) is 12.4 Å². The van der Waals surface area contributed by atoms with Crippen molar-refractivity contribution in [2.45, 2.75) is 13.5 Å². The fraction of sp³-hybridized carbons (Fsp3) is 0.556. The van der Waals surface area contributed by atoms with Crippen molar-refractivity contribution in [2.24, 2.45) is 0 Å². The molecule has 1 rings (SSSR count). The van der Waals surface area contributed by atoms with E-state index in [1.165, 1.54) is 0 Å². The van der Waals surface area contributed by atoms with Crippen LogP contribution in [0.5, 0.6) is 0 Å². The summed E-state index contributed by atoms with van der Waals surface area (Å²) in [4.78, 5) is 14.4. The van der Waals surface area contributed by atoms with Crippen LogP contribution in [-0.4, -0.2) is 36.4 Å². The van der Waals surface area contributed by atoms with Crippen LogP contribution in [0.4, 0.5) is 0 Å². The first kappa shape index (κ1) is 11.7. The first-order valence-corrected chi connectivity index (χ1v) is 4.41. The minimum atomic E-state index is -1.10. The van der Waals surface area contributed by atoms with Crippen LogP contribution >= 0.6 is 0 Å². The van der Waals surface area contributed by atoms with Crippen LogP contribution in [0.3, 0.4) is 0 Å². The number of nitrogens with zero attached hydrogens (tertiary/aromatic N) is 1. The monoisotopic (exact) mass is 215 g/mol. The zero-order chi connectivity index (χ0) is 11.3. The second-order valence-corrected chi connectivity index (χ2v) is 2.86. The molecule has 0 saturated carbocycles. The first-order chi connectivity index (χ1) is 7.15. The number of hydrogen-bond acceptors (Lipinski definition) is 5. The van der Waals surface area contributed by atoms with Gasteiger partial charge in [0.2, 0.25) is 5.89 Å². The quantitative estimate of drug-likeness (QED) is 0.708. The maximum absolute atomic E-state index is 10.6. The number of carbonyl (C=O) groups is 1. The van der Waals surface area contributed by atoms with Crippen molar-refractivity contribution in [3.05, 3.63) is 17.3 Å². The van der Waals surface area contributed by atoms with Crippen molar-refractivity contribution in [1.29, 1.82) is 0 Å². The van der Waals surface area contributed by atoms with E-state index in [2.05, 4.69) is 4.98 Å². The van der Waals surface area contributed by atoms with E-state index < -0.39 is 5.97 Å². The van der Waals surface area contributed by atoms with Crippen molar-refractivity contribution < 1.29 is 23.8 Å². The molecule has 6 heteroatoms. The number of methoxy groups -OCH3 is 1. The van der Waals surface area contributed by atoms with E-state index in [1.54, 1.807) is 14.0 Å². The molecule has 0 saturated heterocycles. The third-order valence-electron chi connectivity index (χ3n) is 1.70. The number of aromatic nitrogens is 1. The minimum absolute atomic E-state index is 0.0691. The molecule has 1 N–H and O–H groups in total. The van der Waals surface area contributed by atoms with Gasteiger partial charge in [0, 0.05) is 7.11 Å². The zero-order valence-corrected chi connectivity index (χ0v) is 8.65. The van der Waals surface area contributed by atoms with Gasteiger partial charge < -0.3 is 19.0 Å². The largest absolute Gasteiger partial charge is 0.476 e. The SMILES string of the molecule is COCCOCc1nc(C(=O)O)c(C)o1. The zero-order valence-electron chi connectivity index (χ0n) is 8.65. The summed E-state index contributed by atoms with van der Waals surface area (Å²) in [6.45, 7) is 2.60. The second kappa shape index (κ2) is 5.47. The number of ether oxygens (including phenoxy) is 2. The molecule has 1 heterocycles. The highest BCUT2D eigenvalue weighted by atomic mass is 16.5. The molecule has 0 atom stereocenters. The van der Waals surface area contributed by atoms with E-state index in [-0.39, 0.29) is 24.0 Å². The van der Waals surface area contributed by atoms with Gasteiger partial charge in [-0.1, -0.05) is 0 Å². The minimum Gasteiger partial charge on any atom is -0.476 e. The van der Waals surface area contributed by atoms with Gasteiger partial charge in [-0.3, -0.25) is 0 Å². The van der Waals surface area contributed by atoms with Crippen molar-refractivity contribution in [1.82, 2.24) is 4.98 Å². The van der Waals surface area contributed by atoms with Crippen molar-refractivity contribution in [2.75, 3.05) is 20.3 Å². The fourth-order valence-corrected chi connectivity index (χ4v) is 1.01. The third kappa shape index (κ3) is 3.34. The molecule has 0 aliphatic rings. The van der Waals surface area contributed by atoms with Crippen LogP contribution in [0.15, 0.2) is 4.42 Å². The molecule has 6 nitrogen and oxygen atoms in total. The number of aromatic carboxylic acids is 1. The summed E-state index contributed by atoms with van der Waals surface area (Å²) in [5.41, 5.74) is -0.0691. The molecule has 0 bridgehead atoms. The van der Waals surface area contributed by atoms with Gasteiger partial charge in [0.05, 0.1) is 13.2 Å². The molecule has 0 aliphatic carbocycles. The highest BCUT2D eigenvalue weighted by Gasteiger charge is 2.15. The molecule has 15 heavy (non-hydrogen) atoms. The second-order valence-electron chi connectivity index (χ2n) is 2.86. The number of oxazole rings is 1. The average Bonchev–Trinajstić information content (AvgIpc) is 2.55. The summed E-state index contributed by atoms with van der Waals surface area (Å²) in [5, 5.41) is 8.71. The standard InChI is InChI=1S/C9H13NO5/c1-6-8(9(11)12)10-7(15-6)5-14-4-3-13-2/h3-5H2,1-2H3,(H,11,12). The molecule has 0 unspecified atom stereocenters. The highest BCUT2D eigenvalue weighted by Crippen LogP contribution is 2.10. The Morgan fingerprint density at radius 3 is 2.80 bits per heavy atom. The molecule has 0 spiro atoms. The Balaban J connectivity index is 2.48. The first-order valence-electron chi connectivity index (χ1n) is 4.41. The molecular formula is C9H13NO5. The number of hydrogen-bond donors (Lipinski definition) is 1. The van der Waals surface area contributed by atoms with Crippen molar-refractivity contribution in [3.8, 4) is 0 Å². The van der Waals surface area contributed by atoms with Gasteiger partial charge in [-0.05, 0) is 6.92 Å². The van der Waals surface area contributed by atoms with Crippen LogP contribution in [0.25, 0.3) is 0 Å². The summed E-state index contributed by atoms with van der Waals surface area (Å²) in [6.07, 6.45) is 0. The van der Waals surface area contributed by atoms with Gasteiger partial charge in [0.25, 0.3) is 0 Å². The summed E-state index contributed by atoms with van der Waals surface area (Å²) in [7, 11) is 1.57. The Bertz CT molecular complexity index is 333. The molecule has 1 aromatic heterocycles. The summed E-state index contributed by atoms with van der Waals surface area (Å²) < 4.78 is 15.0. The van der Waals surface area contributed by atoms with Crippen LogP contribution in [0.2, 0.25) is 0 Å². The molecule has 1 aromatic rings. The van der Waals surface area contributed by atoms with Crippen LogP contribution in [-0.2, 0) is 16.1 Å². The maximum atomic E-state index is 10.6. The topological polar surface area (TPSA) is 81.8 Å². The van der Waals surface area contributed by atoms with E-state index in [0.717, 1.165) is 0 Å². The van der Waals surface area contributed by atoms with Crippen LogP contribution in [0, 0.1) is 6.92 Å². The van der Waals surface area contributed by atoms with Gasteiger partial charge in [-0.15, -0.1) is 0 Å². The summed E-state index contributed by atoms with van der Waals surface area (Å²) >= 11 is 0. The maximum Gasteiger partial charge on any atom is 0.358 e. The van der Waals surface area contributed by atoms with E-state index in [0.29, 0.717) is 13.2 Å². The van der Waals surface area contributed by atoms with Crippen LogP contribution < -0.4 is 0 Å². The van der Waals surface area contributed by atoms with Gasteiger partial charge >= 0.3 is 5.97 Å². The van der Waals surface area contributed by atoms with E-state index in [1.807, 2.05) is 0 Å². The summed E-state index contributed by atoms with van der Waals surface area (Å²) in [5.74, 6) is -0.548. The van der Waals surface area contributed by atoms with Crippen molar-refractivity contribution in [3.63, 3.8) is 0 Å². The Labute approximate surface area is 86.8 Å². The van der Waals surface area contributed by atoms with E-state index >= 15 is 0 Å².